The summed E-state index contributed by atoms with van der Waals surface area (Å²) in [4.78, 5) is 22.6. The topological polar surface area (TPSA) is 107 Å². The van der Waals surface area contributed by atoms with Crippen LogP contribution in [0.5, 0.6) is 0 Å². The molecule has 1 aliphatic rings. The first kappa shape index (κ1) is 37.9. The highest BCUT2D eigenvalue weighted by atomic mass is 35.5. The van der Waals surface area contributed by atoms with Gasteiger partial charge in [0.25, 0.3) is 0 Å². The van der Waals surface area contributed by atoms with E-state index in [0.29, 0.717) is 53.6 Å². The molecule has 0 spiro atoms. The number of hydrogen-bond donors (Lipinski definition) is 2. The summed E-state index contributed by atoms with van der Waals surface area (Å²) in [5, 5.41) is 7.56. The molecule has 0 fully saturated rings. The van der Waals surface area contributed by atoms with Gasteiger partial charge in [-0.3, -0.25) is 4.79 Å². The van der Waals surface area contributed by atoms with Gasteiger partial charge in [0.15, 0.2) is 0 Å². The van der Waals surface area contributed by atoms with E-state index in [-0.39, 0.29) is 0 Å². The molecule has 43 heavy (non-hydrogen) atoms. The first-order valence-corrected chi connectivity index (χ1v) is 15.0. The van der Waals surface area contributed by atoms with E-state index in [1.807, 2.05) is 37.4 Å². The fourth-order valence-corrected chi connectivity index (χ4v) is 3.80. The monoisotopic (exact) mass is 653 g/mol. The van der Waals surface area contributed by atoms with E-state index in [1.165, 1.54) is 6.33 Å². The second-order valence-electron chi connectivity index (χ2n) is 9.01. The number of amides is 1. The van der Waals surface area contributed by atoms with Gasteiger partial charge >= 0.3 is 0 Å². The summed E-state index contributed by atoms with van der Waals surface area (Å²) in [7, 11) is 3.23. The summed E-state index contributed by atoms with van der Waals surface area (Å²) in [6.45, 7) is 7.39. The zero-order chi connectivity index (χ0) is 31.9. The summed E-state index contributed by atoms with van der Waals surface area (Å²) in [5.74, 6) is 2.14. The average Bonchev–Trinajstić information content (AvgIpc) is 3.15. The van der Waals surface area contributed by atoms with Gasteiger partial charge in [-0.25, -0.2) is 15.0 Å². The maximum Gasteiger partial charge on any atom is 0.207 e. The molecule has 2 N–H and O–H groups in total. The fraction of sp³-hybridized carbons (Fsp3) is 0.419. The molecule has 0 radical (unpaired) electrons. The van der Waals surface area contributed by atoms with Crippen LogP contribution >= 0.6 is 34.8 Å². The maximum atomic E-state index is 9.51. The van der Waals surface area contributed by atoms with Crippen molar-refractivity contribution in [2.75, 3.05) is 39.3 Å². The van der Waals surface area contributed by atoms with Crippen LogP contribution < -0.4 is 10.6 Å². The van der Waals surface area contributed by atoms with Gasteiger partial charge in [-0.15, -0.1) is 0 Å². The van der Waals surface area contributed by atoms with Crippen molar-refractivity contribution < 1.29 is 19.0 Å². The van der Waals surface area contributed by atoms with Crippen LogP contribution in [0.3, 0.4) is 0 Å². The molecule has 1 aromatic rings. The van der Waals surface area contributed by atoms with Crippen molar-refractivity contribution in [3.8, 4) is 0 Å². The van der Waals surface area contributed by atoms with Gasteiger partial charge in [-0.1, -0.05) is 41.7 Å². The van der Waals surface area contributed by atoms with E-state index in [0.717, 1.165) is 54.2 Å². The number of unbranched alkanes of at least 4 members (excludes halogenated alkanes) is 2. The molecule has 1 aromatic heterocycles. The van der Waals surface area contributed by atoms with Gasteiger partial charge in [0.2, 0.25) is 6.41 Å². The van der Waals surface area contributed by atoms with Crippen LogP contribution in [0.15, 0.2) is 68.1 Å². The number of halogens is 3. The number of nitrogens with one attached hydrogen (secondary N) is 2. The molecule has 0 unspecified atom stereocenters. The normalized spacial score (nSPS) is 14.1. The Labute approximate surface area is 270 Å². The standard InChI is InChI=1S/C27H33Cl3N4O2.C4H9NO2/c1-5-9-26(30)31-12-7-6-8-13-36-23-15-22(35-4)16-24-25(17-23)32-18-33-27(24)34-21(14-20(3)29)11-10-19(2)28;1-7-3-2-5-4-6/h9-12,14,16-18H,5-8,13,15H2,1-4H3,(H,32,33,34);4H,2-3H2,1H3,(H,5,6)/b19-10+,20-14+,21-11+,26-9-,31-12-;. The van der Waals surface area contributed by atoms with Crippen molar-refractivity contribution in [3.63, 3.8) is 0 Å². The zero-order valence-corrected chi connectivity index (χ0v) is 27.7. The van der Waals surface area contributed by atoms with Crippen LogP contribution in [-0.4, -0.2) is 56.6 Å². The summed E-state index contributed by atoms with van der Waals surface area (Å²) < 4.78 is 16.3. The molecule has 2 rings (SSSR count). The third-order valence-corrected chi connectivity index (χ3v) is 5.86. The van der Waals surface area contributed by atoms with Crippen LogP contribution in [0.2, 0.25) is 0 Å². The van der Waals surface area contributed by atoms with Gasteiger partial charge < -0.3 is 24.8 Å². The lowest BCUT2D eigenvalue weighted by Crippen LogP contribution is -2.16. The number of aliphatic imine (C=N–C) groups is 1. The maximum absolute atomic E-state index is 9.51. The van der Waals surface area contributed by atoms with Crippen LogP contribution in [-0.2, 0) is 19.0 Å². The summed E-state index contributed by atoms with van der Waals surface area (Å²) in [6.07, 6.45) is 19.2. The molecule has 1 aliphatic carbocycles. The zero-order valence-electron chi connectivity index (χ0n) is 25.5. The summed E-state index contributed by atoms with van der Waals surface area (Å²) in [5.41, 5.74) is 2.25. The van der Waals surface area contributed by atoms with Crippen molar-refractivity contribution in [3.05, 3.63) is 74.3 Å². The highest BCUT2D eigenvalue weighted by Crippen LogP contribution is 2.30. The molecule has 1 amide bonds. The third kappa shape index (κ3) is 17.6. The van der Waals surface area contributed by atoms with Gasteiger partial charge in [-0.2, -0.15) is 0 Å². The first-order chi connectivity index (χ1) is 20.7. The molecule has 0 aliphatic heterocycles. The van der Waals surface area contributed by atoms with Crippen molar-refractivity contribution in [1.29, 1.82) is 0 Å². The van der Waals surface area contributed by atoms with E-state index in [1.54, 1.807) is 40.2 Å². The Balaban J connectivity index is 0.00000117. The second kappa shape index (κ2) is 23.4. The number of methoxy groups -OCH3 is 2. The first-order valence-electron chi connectivity index (χ1n) is 13.9. The van der Waals surface area contributed by atoms with E-state index < -0.39 is 0 Å². The number of ether oxygens (including phenoxy) is 3. The number of aromatic nitrogens is 2. The van der Waals surface area contributed by atoms with Gasteiger partial charge in [-0.05, 0) is 69.9 Å². The molecule has 0 saturated heterocycles. The number of carbonyl (C=O) groups excluding carboxylic acids is 1. The summed E-state index contributed by atoms with van der Waals surface area (Å²) in [6, 6.07) is 0. The number of nitrogens with zero attached hydrogens (tertiary/aromatic N) is 3. The van der Waals surface area contributed by atoms with Crippen molar-refractivity contribution >= 4 is 65.4 Å². The quantitative estimate of drug-likeness (QED) is 0.0578. The van der Waals surface area contributed by atoms with Crippen molar-refractivity contribution in [2.45, 2.75) is 52.9 Å². The molecule has 9 nitrogen and oxygen atoms in total. The third-order valence-electron chi connectivity index (χ3n) is 5.37. The molecule has 1 heterocycles. The number of hydrogen-bond acceptors (Lipinski definition) is 8. The van der Waals surface area contributed by atoms with Gasteiger partial charge in [0.1, 0.15) is 28.8 Å². The highest BCUT2D eigenvalue weighted by Gasteiger charge is 2.17. The summed E-state index contributed by atoms with van der Waals surface area (Å²) >= 11 is 18.1. The Kier molecular flexibility index (Phi) is 20.6. The Morgan fingerprint density at radius 1 is 1.05 bits per heavy atom. The van der Waals surface area contributed by atoms with E-state index >= 15 is 0 Å². The second-order valence-corrected chi connectivity index (χ2v) is 10.6. The lowest BCUT2D eigenvalue weighted by molar-refractivity contribution is -0.109. The Morgan fingerprint density at radius 2 is 1.84 bits per heavy atom. The molecular formula is C31H42Cl3N5O4. The molecule has 12 heteroatoms. The number of allylic oxidation sites excluding steroid dienone is 6. The molecular weight excluding hydrogens is 613 g/mol. The fourth-order valence-electron chi connectivity index (χ4n) is 3.39. The molecule has 0 aromatic carbocycles. The van der Waals surface area contributed by atoms with E-state index in [2.05, 4.69) is 30.3 Å². The van der Waals surface area contributed by atoms with Crippen LogP contribution in [0, 0.1) is 0 Å². The molecule has 0 bridgehead atoms. The largest absolute Gasteiger partial charge is 0.501 e. The number of fused-ring (bicyclic) bond motifs is 1. The van der Waals surface area contributed by atoms with Crippen LogP contribution in [0.1, 0.15) is 64.1 Å². The lowest BCUT2D eigenvalue weighted by Gasteiger charge is -2.11. The van der Waals surface area contributed by atoms with Crippen LogP contribution in [0.4, 0.5) is 5.82 Å². The molecule has 0 saturated carbocycles. The predicted molar refractivity (Wildman–Crippen MR) is 179 cm³/mol. The number of rotatable bonds is 17. The minimum atomic E-state index is 0.517. The van der Waals surface area contributed by atoms with E-state index in [4.69, 9.17) is 44.3 Å². The van der Waals surface area contributed by atoms with Crippen LogP contribution in [0.25, 0.3) is 12.2 Å². The van der Waals surface area contributed by atoms with Crippen molar-refractivity contribution in [2.24, 2.45) is 4.99 Å². The van der Waals surface area contributed by atoms with E-state index in [9.17, 15) is 4.79 Å². The van der Waals surface area contributed by atoms with Crippen molar-refractivity contribution in [1.82, 2.24) is 15.3 Å². The highest BCUT2D eigenvalue weighted by molar-refractivity contribution is 6.30. The molecule has 0 atom stereocenters. The minimum Gasteiger partial charge on any atom is -0.501 e. The number of carbonyl (C=O) groups is 1. The smallest absolute Gasteiger partial charge is 0.207 e. The lowest BCUT2D eigenvalue weighted by atomic mass is 10.2. The van der Waals surface area contributed by atoms with Gasteiger partial charge in [0.05, 0.1) is 32.4 Å². The van der Waals surface area contributed by atoms with Gasteiger partial charge in [0, 0.05) is 47.3 Å². The Bertz CT molecular complexity index is 1220. The average molecular weight is 655 g/mol. The predicted octanol–water partition coefficient (Wildman–Crippen LogP) is 7.92. The Morgan fingerprint density at radius 3 is 2.49 bits per heavy atom. The number of anilines is 1. The Hall–Kier alpha value is -3.11. The minimum absolute atomic E-state index is 0.517. The SMILES string of the molecule is CC/C=C(Cl)\N=C/CCCCOC1=Cc2ncnc(NC(/C=C(\C)Cl)=C/C=C(\C)Cl)c2C=C(OC)C1.COCCNC=O. The molecule has 236 valence electrons.